The summed E-state index contributed by atoms with van der Waals surface area (Å²) in [5, 5.41) is 10.6. The predicted octanol–water partition coefficient (Wildman–Crippen LogP) is 5.15. The summed E-state index contributed by atoms with van der Waals surface area (Å²) < 4.78 is 2.13. The van der Waals surface area contributed by atoms with E-state index in [1.807, 2.05) is 66.7 Å². The topological polar surface area (TPSA) is 84.4 Å². The second-order valence-electron chi connectivity index (χ2n) is 10.4. The molecule has 1 aromatic heterocycles. The zero-order valence-corrected chi connectivity index (χ0v) is 21.8. The number of aromatic nitrogens is 2. The summed E-state index contributed by atoms with van der Waals surface area (Å²) in [5.74, 6) is 0.604. The first-order valence-corrected chi connectivity index (χ1v) is 12.7. The van der Waals surface area contributed by atoms with Gasteiger partial charge in [-0.15, -0.1) is 0 Å². The highest BCUT2D eigenvalue weighted by molar-refractivity contribution is 5.94. The molecule has 1 amide bonds. The normalized spacial score (nSPS) is 13.2. The first-order valence-electron chi connectivity index (χ1n) is 12.7. The lowest BCUT2D eigenvalue weighted by Crippen LogP contribution is -2.47. The summed E-state index contributed by atoms with van der Waals surface area (Å²) in [6.45, 7) is 7.06. The molecule has 0 bridgehead atoms. The van der Waals surface area contributed by atoms with E-state index < -0.39 is 17.6 Å². The average molecular weight is 497 g/mol. The summed E-state index contributed by atoms with van der Waals surface area (Å²) in [6, 6.07) is 29.0. The number of hydrogen-bond acceptors (Lipinski definition) is 4. The van der Waals surface area contributed by atoms with Crippen LogP contribution in [0.4, 0.5) is 0 Å². The standard InChI is InChI=1S/C31H36N4O2/c1-31(2,3)28(35(21-26(36)19-32)30(37)25-17-11-6-12-18-25)29-33-27(24-15-9-5-10-16-24)22-34(29)20-23-13-7-4-8-14-23/h4-18,22,26,28,36H,19-21,32H2,1-3H3/t26?,28-/m0/s1. The fourth-order valence-electron chi connectivity index (χ4n) is 4.65. The van der Waals surface area contributed by atoms with Gasteiger partial charge in [0.1, 0.15) is 5.82 Å². The summed E-state index contributed by atoms with van der Waals surface area (Å²) in [4.78, 5) is 20.8. The van der Waals surface area contributed by atoms with E-state index in [-0.39, 0.29) is 19.0 Å². The maximum Gasteiger partial charge on any atom is 0.254 e. The van der Waals surface area contributed by atoms with E-state index in [1.165, 1.54) is 0 Å². The molecule has 6 nitrogen and oxygen atoms in total. The van der Waals surface area contributed by atoms with Gasteiger partial charge in [0.15, 0.2) is 0 Å². The third-order valence-corrected chi connectivity index (χ3v) is 6.41. The van der Waals surface area contributed by atoms with Crippen LogP contribution in [-0.2, 0) is 6.54 Å². The van der Waals surface area contributed by atoms with Gasteiger partial charge in [0.05, 0.1) is 17.8 Å². The van der Waals surface area contributed by atoms with Crippen LogP contribution in [0.15, 0.2) is 97.2 Å². The Labute approximate surface area is 219 Å². The first kappa shape index (κ1) is 26.3. The zero-order valence-electron chi connectivity index (χ0n) is 21.8. The number of carbonyl (C=O) groups excluding carboxylic acids is 1. The van der Waals surface area contributed by atoms with Crippen LogP contribution in [0, 0.1) is 5.41 Å². The largest absolute Gasteiger partial charge is 0.390 e. The number of nitrogens with zero attached hydrogens (tertiary/aromatic N) is 3. The second-order valence-corrected chi connectivity index (χ2v) is 10.4. The molecule has 0 aliphatic carbocycles. The number of aliphatic hydroxyl groups excluding tert-OH is 1. The predicted molar refractivity (Wildman–Crippen MR) is 148 cm³/mol. The molecule has 37 heavy (non-hydrogen) atoms. The summed E-state index contributed by atoms with van der Waals surface area (Å²) in [7, 11) is 0. The second kappa shape index (κ2) is 11.5. The summed E-state index contributed by atoms with van der Waals surface area (Å²) >= 11 is 0. The van der Waals surface area contributed by atoms with Crippen molar-refractivity contribution in [2.45, 2.75) is 39.5 Å². The third-order valence-electron chi connectivity index (χ3n) is 6.41. The lowest BCUT2D eigenvalue weighted by molar-refractivity contribution is 0.0296. The number of hydrogen-bond donors (Lipinski definition) is 2. The molecule has 0 aliphatic heterocycles. The molecular formula is C31H36N4O2. The lowest BCUT2D eigenvalue weighted by Gasteiger charge is -2.40. The molecule has 0 saturated heterocycles. The Bertz CT molecular complexity index is 1280. The van der Waals surface area contributed by atoms with Crippen molar-refractivity contribution in [3.63, 3.8) is 0 Å². The van der Waals surface area contributed by atoms with E-state index in [0.717, 1.165) is 22.6 Å². The molecule has 1 unspecified atom stereocenters. The number of nitrogens with two attached hydrogens (primary N) is 1. The molecule has 0 aliphatic rings. The summed E-state index contributed by atoms with van der Waals surface area (Å²) in [6.07, 6.45) is 1.20. The minimum atomic E-state index is -0.858. The van der Waals surface area contributed by atoms with Gasteiger partial charge < -0.3 is 20.3 Å². The van der Waals surface area contributed by atoms with Crippen LogP contribution in [0.2, 0.25) is 0 Å². The first-order chi connectivity index (χ1) is 17.8. The quantitative estimate of drug-likeness (QED) is 0.336. The van der Waals surface area contributed by atoms with Gasteiger partial charge in [-0.2, -0.15) is 0 Å². The van der Waals surface area contributed by atoms with Crippen molar-refractivity contribution in [1.29, 1.82) is 0 Å². The minimum Gasteiger partial charge on any atom is -0.390 e. The monoisotopic (exact) mass is 496 g/mol. The molecular weight excluding hydrogens is 460 g/mol. The van der Waals surface area contributed by atoms with Crippen LogP contribution in [0.5, 0.6) is 0 Å². The molecule has 0 spiro atoms. The van der Waals surface area contributed by atoms with E-state index in [1.54, 1.807) is 17.0 Å². The van der Waals surface area contributed by atoms with Crippen LogP contribution in [0.25, 0.3) is 11.3 Å². The molecule has 6 heteroatoms. The Morgan fingerprint density at radius 2 is 1.51 bits per heavy atom. The Kier molecular flexibility index (Phi) is 8.21. The Hall–Kier alpha value is -3.74. The Morgan fingerprint density at radius 3 is 2.08 bits per heavy atom. The molecule has 3 N–H and O–H groups in total. The van der Waals surface area contributed by atoms with Crippen LogP contribution >= 0.6 is 0 Å². The Morgan fingerprint density at radius 1 is 0.946 bits per heavy atom. The SMILES string of the molecule is CC(C)(C)[C@H](c1nc(-c2ccccc2)cn1Cc1ccccc1)N(CC(O)CN)C(=O)c1ccccc1. The number of carbonyl (C=O) groups is 1. The zero-order chi connectivity index (χ0) is 26.4. The molecule has 4 rings (SSSR count). The maximum absolute atomic E-state index is 13.9. The van der Waals surface area contributed by atoms with Gasteiger partial charge in [0.2, 0.25) is 0 Å². The van der Waals surface area contributed by atoms with Crippen molar-refractivity contribution in [2.75, 3.05) is 13.1 Å². The molecule has 1 heterocycles. The van der Waals surface area contributed by atoms with Gasteiger partial charge in [-0.25, -0.2) is 4.98 Å². The fourth-order valence-corrected chi connectivity index (χ4v) is 4.65. The lowest BCUT2D eigenvalue weighted by atomic mass is 9.84. The van der Waals surface area contributed by atoms with Gasteiger partial charge >= 0.3 is 0 Å². The molecule has 4 aromatic rings. The van der Waals surface area contributed by atoms with Gasteiger partial charge in [-0.1, -0.05) is 99.6 Å². The number of aliphatic hydroxyl groups is 1. The number of benzene rings is 3. The minimum absolute atomic E-state index is 0.0587. The van der Waals surface area contributed by atoms with Gasteiger partial charge in [-0.3, -0.25) is 4.79 Å². The Balaban J connectivity index is 1.88. The van der Waals surface area contributed by atoms with Crippen molar-refractivity contribution in [2.24, 2.45) is 11.1 Å². The molecule has 0 radical (unpaired) electrons. The van der Waals surface area contributed by atoms with Crippen molar-refractivity contribution in [1.82, 2.24) is 14.5 Å². The fraction of sp³-hybridized carbons (Fsp3) is 0.290. The molecule has 0 saturated carbocycles. The number of amides is 1. The van der Waals surface area contributed by atoms with E-state index in [4.69, 9.17) is 10.7 Å². The molecule has 2 atom stereocenters. The van der Waals surface area contributed by atoms with Gasteiger partial charge in [-0.05, 0) is 23.1 Å². The maximum atomic E-state index is 13.9. The number of imidazole rings is 1. The van der Waals surface area contributed by atoms with E-state index in [2.05, 4.69) is 43.7 Å². The van der Waals surface area contributed by atoms with E-state index in [0.29, 0.717) is 12.1 Å². The van der Waals surface area contributed by atoms with Crippen LogP contribution < -0.4 is 5.73 Å². The highest BCUT2D eigenvalue weighted by Crippen LogP contribution is 2.40. The molecule has 3 aromatic carbocycles. The molecule has 0 fully saturated rings. The van der Waals surface area contributed by atoms with Crippen molar-refractivity contribution in [3.8, 4) is 11.3 Å². The van der Waals surface area contributed by atoms with Gasteiger partial charge in [0.25, 0.3) is 5.91 Å². The van der Waals surface area contributed by atoms with Crippen molar-refractivity contribution < 1.29 is 9.90 Å². The van der Waals surface area contributed by atoms with Crippen LogP contribution in [0.1, 0.15) is 48.6 Å². The smallest absolute Gasteiger partial charge is 0.254 e. The summed E-state index contributed by atoms with van der Waals surface area (Å²) in [5.41, 5.74) is 8.96. The number of rotatable bonds is 9. The van der Waals surface area contributed by atoms with E-state index >= 15 is 0 Å². The van der Waals surface area contributed by atoms with E-state index in [9.17, 15) is 9.90 Å². The van der Waals surface area contributed by atoms with Crippen LogP contribution in [-0.4, -0.2) is 44.7 Å². The highest BCUT2D eigenvalue weighted by Gasteiger charge is 2.39. The third kappa shape index (κ3) is 6.34. The highest BCUT2D eigenvalue weighted by atomic mass is 16.3. The van der Waals surface area contributed by atoms with Crippen molar-refractivity contribution >= 4 is 5.91 Å². The van der Waals surface area contributed by atoms with Gasteiger partial charge in [0, 0.05) is 37.0 Å². The van der Waals surface area contributed by atoms with Crippen LogP contribution in [0.3, 0.4) is 0 Å². The molecule has 192 valence electrons. The average Bonchev–Trinajstić information content (AvgIpc) is 3.31. The van der Waals surface area contributed by atoms with Crippen molar-refractivity contribution in [3.05, 3.63) is 114 Å².